The third-order valence-corrected chi connectivity index (χ3v) is 5.26. The minimum Gasteiger partial charge on any atom is -0.497 e. The van der Waals surface area contributed by atoms with Crippen LogP contribution in [0, 0.1) is 0 Å². The van der Waals surface area contributed by atoms with Gasteiger partial charge in [0.15, 0.2) is 12.2 Å². The maximum atomic E-state index is 13.1. The van der Waals surface area contributed by atoms with Gasteiger partial charge in [-0.05, 0) is 37.6 Å². The Bertz CT molecular complexity index is 866. The van der Waals surface area contributed by atoms with E-state index in [-0.39, 0.29) is 25.1 Å². The van der Waals surface area contributed by atoms with Gasteiger partial charge in [0.25, 0.3) is 5.91 Å². The molecule has 2 unspecified atom stereocenters. The van der Waals surface area contributed by atoms with E-state index in [1.54, 1.807) is 14.2 Å². The van der Waals surface area contributed by atoms with Crippen molar-refractivity contribution >= 4 is 23.6 Å². The number of anilines is 1. The van der Waals surface area contributed by atoms with Crippen molar-refractivity contribution in [3.8, 4) is 5.75 Å². The fourth-order valence-electron chi connectivity index (χ4n) is 3.84. The summed E-state index contributed by atoms with van der Waals surface area (Å²) in [5.74, 6) is 1.08. The standard InChI is InChI=1S/C19H23N5O4/c1-12-11-23-15-16(21(2)19(27)22(17(15)26)9-4-10-25)20-18(23)24(12)13-5-7-14(28-3)8-6-13/h5-8,11,15-16,25H,4,9-10H2,1-3H3. The molecular weight excluding hydrogens is 362 g/mol. The number of amides is 3. The third kappa shape index (κ3) is 2.62. The highest BCUT2D eigenvalue weighted by atomic mass is 16.5. The number of hydrogen-bond acceptors (Lipinski definition) is 7. The van der Waals surface area contributed by atoms with E-state index in [1.807, 2.05) is 47.2 Å². The average Bonchev–Trinajstić information content (AvgIpc) is 3.21. The second kappa shape index (κ2) is 6.83. The molecule has 0 bridgehead atoms. The molecule has 1 saturated heterocycles. The molecular formula is C19H23N5O4. The number of rotatable bonds is 5. The second-order valence-electron chi connectivity index (χ2n) is 6.96. The number of allylic oxidation sites excluding steroid dienone is 1. The Labute approximate surface area is 163 Å². The van der Waals surface area contributed by atoms with Gasteiger partial charge in [0.1, 0.15) is 5.75 Å². The zero-order valence-corrected chi connectivity index (χ0v) is 16.1. The first-order chi connectivity index (χ1) is 13.5. The van der Waals surface area contributed by atoms with Crippen molar-refractivity contribution in [2.45, 2.75) is 25.6 Å². The summed E-state index contributed by atoms with van der Waals surface area (Å²) in [6.07, 6.45) is 1.66. The molecule has 1 aromatic carbocycles. The summed E-state index contributed by atoms with van der Waals surface area (Å²) in [5, 5.41) is 9.08. The first-order valence-corrected chi connectivity index (χ1v) is 9.15. The van der Waals surface area contributed by atoms with Crippen molar-refractivity contribution in [2.75, 3.05) is 32.2 Å². The van der Waals surface area contributed by atoms with E-state index in [9.17, 15) is 9.59 Å². The number of carbonyl (C=O) groups excluding carboxylic acids is 2. The topological polar surface area (TPSA) is 88.9 Å². The van der Waals surface area contributed by atoms with Crippen LogP contribution in [0.25, 0.3) is 0 Å². The SMILES string of the molecule is COc1ccc(N2C(C)=CN3C2=NC2C3C(=O)N(CCCO)C(=O)N2C)cc1. The van der Waals surface area contributed by atoms with Crippen LogP contribution in [0.4, 0.5) is 10.5 Å². The summed E-state index contributed by atoms with van der Waals surface area (Å²) >= 11 is 0. The van der Waals surface area contributed by atoms with Gasteiger partial charge >= 0.3 is 6.03 Å². The predicted molar refractivity (Wildman–Crippen MR) is 103 cm³/mol. The molecule has 9 nitrogen and oxygen atoms in total. The molecule has 9 heteroatoms. The van der Waals surface area contributed by atoms with Crippen molar-refractivity contribution < 1.29 is 19.4 Å². The smallest absolute Gasteiger partial charge is 0.328 e. The summed E-state index contributed by atoms with van der Waals surface area (Å²) in [6, 6.07) is 6.59. The van der Waals surface area contributed by atoms with Crippen LogP contribution in [0.5, 0.6) is 5.75 Å². The highest BCUT2D eigenvalue weighted by molar-refractivity contribution is 6.09. The van der Waals surface area contributed by atoms with E-state index in [0.717, 1.165) is 17.1 Å². The van der Waals surface area contributed by atoms with Crippen LogP contribution in [-0.2, 0) is 4.79 Å². The number of fused-ring (bicyclic) bond motifs is 3. The first kappa shape index (κ1) is 18.3. The second-order valence-corrected chi connectivity index (χ2v) is 6.96. The molecule has 1 N–H and O–H groups in total. The number of aliphatic hydroxyl groups excluding tert-OH is 1. The number of aliphatic hydroxyl groups is 1. The van der Waals surface area contributed by atoms with Gasteiger partial charge in [-0.25, -0.2) is 9.79 Å². The number of benzene rings is 1. The number of aliphatic imine (C=N–C) groups is 1. The number of carbonyl (C=O) groups is 2. The normalized spacial score (nSPS) is 23.7. The van der Waals surface area contributed by atoms with Gasteiger partial charge in [0, 0.05) is 37.8 Å². The number of ether oxygens (including phenoxy) is 1. The van der Waals surface area contributed by atoms with E-state index in [4.69, 9.17) is 14.8 Å². The molecule has 0 saturated carbocycles. The summed E-state index contributed by atoms with van der Waals surface area (Å²) in [4.78, 5) is 36.9. The number of guanidine groups is 1. The molecule has 0 aromatic heterocycles. The molecule has 28 heavy (non-hydrogen) atoms. The Hall–Kier alpha value is -3.07. The average molecular weight is 385 g/mol. The van der Waals surface area contributed by atoms with Crippen LogP contribution < -0.4 is 9.64 Å². The lowest BCUT2D eigenvalue weighted by Gasteiger charge is -2.40. The fourth-order valence-corrected chi connectivity index (χ4v) is 3.84. The quantitative estimate of drug-likeness (QED) is 0.814. The fraction of sp³-hybridized carbons (Fsp3) is 0.421. The largest absolute Gasteiger partial charge is 0.497 e. The molecule has 148 valence electrons. The maximum absolute atomic E-state index is 13.1. The van der Waals surface area contributed by atoms with E-state index in [1.165, 1.54) is 9.80 Å². The number of methoxy groups -OCH3 is 1. The van der Waals surface area contributed by atoms with Crippen LogP contribution in [0.15, 0.2) is 41.2 Å². The summed E-state index contributed by atoms with van der Waals surface area (Å²) in [7, 11) is 3.27. The lowest BCUT2D eigenvalue weighted by atomic mass is 10.1. The maximum Gasteiger partial charge on any atom is 0.328 e. The van der Waals surface area contributed by atoms with Crippen LogP contribution in [0.3, 0.4) is 0 Å². The predicted octanol–water partition coefficient (Wildman–Crippen LogP) is 1.02. The summed E-state index contributed by atoms with van der Waals surface area (Å²) in [6.45, 7) is 2.06. The Morgan fingerprint density at radius 3 is 2.57 bits per heavy atom. The molecule has 1 fully saturated rings. The Kier molecular flexibility index (Phi) is 4.46. The minimum atomic E-state index is -0.602. The Balaban J connectivity index is 1.66. The Morgan fingerprint density at radius 2 is 1.93 bits per heavy atom. The van der Waals surface area contributed by atoms with E-state index in [2.05, 4.69) is 0 Å². The van der Waals surface area contributed by atoms with Gasteiger partial charge in [-0.1, -0.05) is 0 Å². The van der Waals surface area contributed by atoms with Crippen LogP contribution in [0.2, 0.25) is 0 Å². The van der Waals surface area contributed by atoms with E-state index in [0.29, 0.717) is 12.4 Å². The molecule has 3 amide bonds. The molecule has 2 atom stereocenters. The summed E-state index contributed by atoms with van der Waals surface area (Å²) in [5.41, 5.74) is 1.82. The van der Waals surface area contributed by atoms with Crippen molar-refractivity contribution in [3.63, 3.8) is 0 Å². The first-order valence-electron chi connectivity index (χ1n) is 9.15. The van der Waals surface area contributed by atoms with Crippen LogP contribution >= 0.6 is 0 Å². The minimum absolute atomic E-state index is 0.0788. The number of likely N-dealkylation sites (N-methyl/N-ethyl adjacent to an activating group) is 1. The molecule has 3 aliphatic heterocycles. The van der Waals surface area contributed by atoms with Gasteiger partial charge in [0.05, 0.1) is 7.11 Å². The van der Waals surface area contributed by atoms with Crippen LogP contribution in [0.1, 0.15) is 13.3 Å². The molecule has 3 aliphatic rings. The molecule has 0 spiro atoms. The number of nitrogens with zero attached hydrogens (tertiary/aromatic N) is 5. The number of urea groups is 1. The van der Waals surface area contributed by atoms with Crippen LogP contribution in [-0.4, -0.2) is 77.2 Å². The van der Waals surface area contributed by atoms with Crippen molar-refractivity contribution in [1.29, 1.82) is 0 Å². The van der Waals surface area contributed by atoms with Gasteiger partial charge < -0.3 is 19.6 Å². The zero-order chi connectivity index (χ0) is 20.0. The number of imide groups is 1. The van der Waals surface area contributed by atoms with Crippen molar-refractivity contribution in [3.05, 3.63) is 36.2 Å². The van der Waals surface area contributed by atoms with Gasteiger partial charge in [-0.2, -0.15) is 0 Å². The zero-order valence-electron chi connectivity index (χ0n) is 16.1. The van der Waals surface area contributed by atoms with Crippen molar-refractivity contribution in [2.24, 2.45) is 4.99 Å². The van der Waals surface area contributed by atoms with Crippen molar-refractivity contribution in [1.82, 2.24) is 14.7 Å². The molecule has 0 radical (unpaired) electrons. The van der Waals surface area contributed by atoms with Gasteiger partial charge in [0.2, 0.25) is 5.96 Å². The van der Waals surface area contributed by atoms with Gasteiger partial charge in [-0.15, -0.1) is 0 Å². The molecule has 4 rings (SSSR count). The van der Waals surface area contributed by atoms with E-state index >= 15 is 0 Å². The summed E-state index contributed by atoms with van der Waals surface area (Å²) < 4.78 is 5.22. The van der Waals surface area contributed by atoms with Gasteiger partial charge in [-0.3, -0.25) is 14.6 Å². The Morgan fingerprint density at radius 1 is 1.21 bits per heavy atom. The lowest BCUT2D eigenvalue weighted by molar-refractivity contribution is -0.136. The highest BCUT2D eigenvalue weighted by Crippen LogP contribution is 2.36. The molecule has 0 aliphatic carbocycles. The highest BCUT2D eigenvalue weighted by Gasteiger charge is 2.54. The van der Waals surface area contributed by atoms with E-state index < -0.39 is 12.2 Å². The third-order valence-electron chi connectivity index (χ3n) is 5.26. The molecule has 3 heterocycles. The lowest BCUT2D eigenvalue weighted by Crippen LogP contribution is -2.64. The monoisotopic (exact) mass is 385 g/mol. The number of hydrogen-bond donors (Lipinski definition) is 1. The molecule has 1 aromatic rings.